The topological polar surface area (TPSA) is 48.7 Å². The van der Waals surface area contributed by atoms with E-state index in [1.807, 2.05) is 6.92 Å². The lowest BCUT2D eigenvalue weighted by Gasteiger charge is -2.25. The van der Waals surface area contributed by atoms with Crippen molar-refractivity contribution in [2.75, 3.05) is 18.0 Å². The van der Waals surface area contributed by atoms with Gasteiger partial charge in [-0.2, -0.15) is 0 Å². The maximum atomic E-state index is 8.50. The average Bonchev–Trinajstić information content (AvgIpc) is 2.63. The quantitative estimate of drug-likeness (QED) is 0.477. The minimum Gasteiger partial charge on any atom is -0.411 e. The number of anilines is 1. The highest BCUT2D eigenvalue weighted by Crippen LogP contribution is 2.27. The van der Waals surface area contributed by atoms with Crippen LogP contribution in [0.3, 0.4) is 0 Å². The van der Waals surface area contributed by atoms with Gasteiger partial charge >= 0.3 is 0 Å². The van der Waals surface area contributed by atoms with Gasteiger partial charge in [0.25, 0.3) is 0 Å². The summed E-state index contributed by atoms with van der Waals surface area (Å²) in [5.41, 5.74) is 0.943. The second-order valence-electron chi connectivity index (χ2n) is 3.74. The molecule has 0 atom stereocenters. The Labute approximate surface area is 93.2 Å². The van der Waals surface area contributed by atoms with Crippen LogP contribution in [0.1, 0.15) is 29.8 Å². The van der Waals surface area contributed by atoms with Crippen molar-refractivity contribution in [1.82, 2.24) is 4.98 Å². The van der Waals surface area contributed by atoms with Gasteiger partial charge in [0.05, 0.1) is 16.8 Å². The molecule has 0 aromatic carbocycles. The van der Waals surface area contributed by atoms with Crippen molar-refractivity contribution in [3.63, 3.8) is 0 Å². The lowest BCUT2D eigenvalue weighted by atomic mass is 10.1. The smallest absolute Gasteiger partial charge is 0.186 e. The van der Waals surface area contributed by atoms with Gasteiger partial charge in [0.2, 0.25) is 0 Å². The monoisotopic (exact) mass is 225 g/mol. The first-order chi connectivity index (χ1) is 7.31. The Morgan fingerprint density at radius 1 is 1.40 bits per heavy atom. The predicted molar refractivity (Wildman–Crippen MR) is 62.3 cm³/mol. The van der Waals surface area contributed by atoms with Gasteiger partial charge in [-0.15, -0.1) is 0 Å². The SMILES string of the molecule is Cc1nc(N2CCCCC2)sc1/C=N\O. The first-order valence-corrected chi connectivity index (χ1v) is 6.02. The molecule has 1 aliphatic heterocycles. The molecule has 82 valence electrons. The van der Waals surface area contributed by atoms with Gasteiger partial charge in [-0.25, -0.2) is 4.98 Å². The second-order valence-corrected chi connectivity index (χ2v) is 4.75. The number of aromatic nitrogens is 1. The van der Waals surface area contributed by atoms with Crippen LogP contribution in [0.5, 0.6) is 0 Å². The molecule has 2 rings (SSSR count). The Kier molecular flexibility index (Phi) is 3.20. The molecule has 5 heteroatoms. The van der Waals surface area contributed by atoms with E-state index in [-0.39, 0.29) is 0 Å². The molecular formula is C10H15N3OS. The zero-order chi connectivity index (χ0) is 10.7. The highest BCUT2D eigenvalue weighted by Gasteiger charge is 2.15. The molecule has 1 aromatic heterocycles. The minimum absolute atomic E-state index is 0.943. The summed E-state index contributed by atoms with van der Waals surface area (Å²) in [5.74, 6) is 0. The van der Waals surface area contributed by atoms with Gasteiger partial charge in [0.15, 0.2) is 5.13 Å². The molecule has 0 radical (unpaired) electrons. The van der Waals surface area contributed by atoms with Crippen LogP contribution >= 0.6 is 11.3 Å². The zero-order valence-corrected chi connectivity index (χ0v) is 9.63. The molecule has 0 aliphatic carbocycles. The number of rotatable bonds is 2. The normalized spacial score (nSPS) is 17.5. The van der Waals surface area contributed by atoms with E-state index in [0.717, 1.165) is 28.8 Å². The van der Waals surface area contributed by atoms with Crippen molar-refractivity contribution in [1.29, 1.82) is 0 Å². The highest BCUT2D eigenvalue weighted by atomic mass is 32.1. The van der Waals surface area contributed by atoms with Gasteiger partial charge in [-0.3, -0.25) is 0 Å². The van der Waals surface area contributed by atoms with Crippen LogP contribution in [0.2, 0.25) is 0 Å². The Hall–Kier alpha value is -1.10. The van der Waals surface area contributed by atoms with Crippen LogP contribution in [0.4, 0.5) is 5.13 Å². The molecule has 1 N–H and O–H groups in total. The summed E-state index contributed by atoms with van der Waals surface area (Å²) in [6.07, 6.45) is 5.29. The molecule has 0 amide bonds. The van der Waals surface area contributed by atoms with E-state index >= 15 is 0 Å². The largest absolute Gasteiger partial charge is 0.411 e. The molecule has 1 aliphatic rings. The van der Waals surface area contributed by atoms with E-state index in [9.17, 15) is 0 Å². The van der Waals surface area contributed by atoms with E-state index in [2.05, 4.69) is 15.0 Å². The van der Waals surface area contributed by atoms with Gasteiger partial charge < -0.3 is 10.1 Å². The van der Waals surface area contributed by atoms with Crippen LogP contribution in [0.15, 0.2) is 5.16 Å². The molecular weight excluding hydrogens is 210 g/mol. The molecule has 0 unspecified atom stereocenters. The fraction of sp³-hybridized carbons (Fsp3) is 0.600. The molecule has 0 bridgehead atoms. The third kappa shape index (κ3) is 2.28. The maximum Gasteiger partial charge on any atom is 0.186 e. The number of hydrogen-bond acceptors (Lipinski definition) is 5. The average molecular weight is 225 g/mol. The summed E-state index contributed by atoms with van der Waals surface area (Å²) < 4.78 is 0. The van der Waals surface area contributed by atoms with Gasteiger partial charge in [0.1, 0.15) is 0 Å². The standard InChI is InChI=1S/C10H15N3OS/c1-8-9(7-11-14)15-10(12-8)13-5-3-2-4-6-13/h7,14H,2-6H2,1H3/b11-7-. The molecule has 0 saturated carbocycles. The van der Waals surface area contributed by atoms with Crippen LogP contribution in [-0.2, 0) is 0 Å². The van der Waals surface area contributed by atoms with Crippen molar-refractivity contribution in [2.45, 2.75) is 26.2 Å². The van der Waals surface area contributed by atoms with Crippen molar-refractivity contribution < 1.29 is 5.21 Å². The Morgan fingerprint density at radius 3 is 2.80 bits per heavy atom. The number of thiazole rings is 1. The summed E-state index contributed by atoms with van der Waals surface area (Å²) in [7, 11) is 0. The molecule has 0 spiro atoms. The predicted octanol–water partition coefficient (Wildman–Crippen LogP) is 2.25. The Morgan fingerprint density at radius 2 is 2.13 bits per heavy atom. The summed E-state index contributed by atoms with van der Waals surface area (Å²) in [6.45, 7) is 4.15. The number of piperidine rings is 1. The zero-order valence-electron chi connectivity index (χ0n) is 8.81. The Balaban J connectivity index is 2.17. The molecule has 1 fully saturated rings. The van der Waals surface area contributed by atoms with E-state index in [1.54, 1.807) is 11.3 Å². The van der Waals surface area contributed by atoms with Crippen molar-refractivity contribution in [2.24, 2.45) is 5.16 Å². The number of nitrogens with zero attached hydrogens (tertiary/aromatic N) is 3. The third-order valence-electron chi connectivity index (χ3n) is 2.62. The van der Waals surface area contributed by atoms with E-state index < -0.39 is 0 Å². The highest BCUT2D eigenvalue weighted by molar-refractivity contribution is 7.17. The van der Waals surface area contributed by atoms with Crippen LogP contribution in [-0.4, -0.2) is 29.5 Å². The summed E-state index contributed by atoms with van der Waals surface area (Å²) in [5, 5.41) is 12.6. The Bertz CT molecular complexity index is 356. The fourth-order valence-corrected chi connectivity index (χ4v) is 2.77. The van der Waals surface area contributed by atoms with Gasteiger partial charge in [0, 0.05) is 13.1 Å². The van der Waals surface area contributed by atoms with Gasteiger partial charge in [-0.1, -0.05) is 16.5 Å². The van der Waals surface area contributed by atoms with E-state index in [4.69, 9.17) is 5.21 Å². The van der Waals surface area contributed by atoms with Crippen LogP contribution in [0.25, 0.3) is 0 Å². The van der Waals surface area contributed by atoms with Crippen molar-refractivity contribution in [3.8, 4) is 0 Å². The number of oxime groups is 1. The maximum absolute atomic E-state index is 8.50. The first-order valence-electron chi connectivity index (χ1n) is 5.21. The summed E-state index contributed by atoms with van der Waals surface area (Å²) >= 11 is 1.60. The molecule has 1 saturated heterocycles. The van der Waals surface area contributed by atoms with E-state index in [0.29, 0.717) is 0 Å². The van der Waals surface area contributed by atoms with Gasteiger partial charge in [-0.05, 0) is 26.2 Å². The number of aryl methyl sites for hydroxylation is 1. The van der Waals surface area contributed by atoms with E-state index in [1.165, 1.54) is 25.5 Å². The van der Waals surface area contributed by atoms with Crippen LogP contribution < -0.4 is 4.90 Å². The molecule has 1 aromatic rings. The van der Waals surface area contributed by atoms with Crippen molar-refractivity contribution >= 4 is 22.7 Å². The lowest BCUT2D eigenvalue weighted by Crippen LogP contribution is -2.29. The lowest BCUT2D eigenvalue weighted by molar-refractivity contribution is 0.322. The molecule has 4 nitrogen and oxygen atoms in total. The number of hydrogen-bond donors (Lipinski definition) is 1. The summed E-state index contributed by atoms with van der Waals surface area (Å²) in [4.78, 5) is 7.75. The summed E-state index contributed by atoms with van der Waals surface area (Å²) in [6, 6.07) is 0. The second kappa shape index (κ2) is 4.61. The third-order valence-corrected chi connectivity index (χ3v) is 3.78. The first kappa shape index (κ1) is 10.4. The molecule has 2 heterocycles. The van der Waals surface area contributed by atoms with Crippen molar-refractivity contribution in [3.05, 3.63) is 10.6 Å². The van der Waals surface area contributed by atoms with Crippen LogP contribution in [0, 0.1) is 6.92 Å². The minimum atomic E-state index is 0.943. The fourth-order valence-electron chi connectivity index (χ4n) is 1.79. The molecule has 15 heavy (non-hydrogen) atoms.